The van der Waals surface area contributed by atoms with Crippen LogP contribution in [-0.4, -0.2) is 37.7 Å². The van der Waals surface area contributed by atoms with Crippen molar-refractivity contribution in [1.82, 2.24) is 0 Å². The van der Waals surface area contributed by atoms with Gasteiger partial charge >= 0.3 is 21.6 Å². The number of benzene rings is 1. The van der Waals surface area contributed by atoms with Crippen LogP contribution in [-0.2, 0) is 31.0 Å². The van der Waals surface area contributed by atoms with Crippen molar-refractivity contribution in [2.24, 2.45) is 0 Å². The summed E-state index contributed by atoms with van der Waals surface area (Å²) < 4.78 is 67.4. The first kappa shape index (κ1) is 20.3. The van der Waals surface area contributed by atoms with Gasteiger partial charge in [0.1, 0.15) is 0 Å². The Morgan fingerprint density at radius 1 is 1.27 bits per heavy atom. The number of carbonyl (C=O) groups excluding carboxylic acids is 1. The topological polar surface area (TPSA) is 89.9 Å². The molecule has 6 nitrogen and oxygen atoms in total. The van der Waals surface area contributed by atoms with Gasteiger partial charge in [-0.05, 0) is 12.5 Å². The second-order valence-electron chi connectivity index (χ2n) is 3.88. The zero-order chi connectivity index (χ0) is 17.4. The SMILES string of the molecule is COC(=O)C(C)OCc1ccccc1.O=S(=O)(O)C(F)(F)F. The predicted octanol–water partition coefficient (Wildman–Crippen LogP) is 2.16. The minimum atomic E-state index is -5.84. The van der Waals surface area contributed by atoms with Gasteiger partial charge in [-0.15, -0.1) is 0 Å². The lowest BCUT2D eigenvalue weighted by molar-refractivity contribution is -0.153. The Labute approximate surface area is 125 Å². The summed E-state index contributed by atoms with van der Waals surface area (Å²) in [5, 5.41) is 0. The first-order chi connectivity index (χ1) is 9.99. The Kier molecular flexibility index (Phi) is 8.06. The zero-order valence-electron chi connectivity index (χ0n) is 11.7. The van der Waals surface area contributed by atoms with E-state index in [2.05, 4.69) is 4.74 Å². The van der Waals surface area contributed by atoms with Crippen molar-refractivity contribution >= 4 is 16.1 Å². The van der Waals surface area contributed by atoms with Crippen LogP contribution < -0.4 is 0 Å². The minimum absolute atomic E-state index is 0.346. The van der Waals surface area contributed by atoms with Gasteiger partial charge in [0.2, 0.25) is 0 Å². The van der Waals surface area contributed by atoms with Crippen molar-refractivity contribution in [2.75, 3.05) is 7.11 Å². The van der Waals surface area contributed by atoms with Gasteiger partial charge in [0.25, 0.3) is 0 Å². The van der Waals surface area contributed by atoms with Gasteiger partial charge in [-0.3, -0.25) is 4.55 Å². The molecule has 1 aromatic rings. The van der Waals surface area contributed by atoms with Crippen LogP contribution in [0.2, 0.25) is 0 Å². The summed E-state index contributed by atoms with van der Waals surface area (Å²) in [4.78, 5) is 11.0. The van der Waals surface area contributed by atoms with Crippen molar-refractivity contribution in [3.05, 3.63) is 35.9 Å². The molecular weight excluding hydrogens is 329 g/mol. The molecule has 1 unspecified atom stereocenters. The summed E-state index contributed by atoms with van der Waals surface area (Å²) in [5.41, 5.74) is -4.49. The number of esters is 1. The lowest BCUT2D eigenvalue weighted by atomic mass is 10.2. The predicted molar refractivity (Wildman–Crippen MR) is 70.3 cm³/mol. The number of methoxy groups -OCH3 is 1. The average Bonchev–Trinajstić information content (AvgIpc) is 2.43. The van der Waals surface area contributed by atoms with Crippen LogP contribution in [0.25, 0.3) is 0 Å². The van der Waals surface area contributed by atoms with Gasteiger partial charge in [0.15, 0.2) is 6.10 Å². The van der Waals surface area contributed by atoms with Crippen molar-refractivity contribution in [1.29, 1.82) is 0 Å². The van der Waals surface area contributed by atoms with E-state index in [0.29, 0.717) is 6.61 Å². The molecule has 0 aliphatic heterocycles. The highest BCUT2D eigenvalue weighted by molar-refractivity contribution is 7.86. The van der Waals surface area contributed by atoms with Gasteiger partial charge < -0.3 is 9.47 Å². The number of rotatable bonds is 4. The summed E-state index contributed by atoms with van der Waals surface area (Å²) in [6, 6.07) is 9.70. The normalized spacial score (nSPS) is 12.8. The van der Waals surface area contributed by atoms with E-state index in [4.69, 9.17) is 17.7 Å². The van der Waals surface area contributed by atoms with Crippen LogP contribution in [0, 0.1) is 0 Å². The quantitative estimate of drug-likeness (QED) is 0.511. The van der Waals surface area contributed by atoms with E-state index in [-0.39, 0.29) is 5.97 Å². The molecule has 0 spiro atoms. The number of hydrogen-bond acceptors (Lipinski definition) is 5. The summed E-state index contributed by atoms with van der Waals surface area (Å²) in [6.45, 7) is 2.10. The number of alkyl halides is 3. The van der Waals surface area contributed by atoms with Crippen molar-refractivity contribution in [3.63, 3.8) is 0 Å². The summed E-state index contributed by atoms with van der Waals surface area (Å²) >= 11 is 0. The molecule has 10 heteroatoms. The first-order valence-electron chi connectivity index (χ1n) is 5.76. The Morgan fingerprint density at radius 2 is 1.73 bits per heavy atom. The molecule has 0 saturated carbocycles. The Bertz CT molecular complexity index is 556. The zero-order valence-corrected chi connectivity index (χ0v) is 12.5. The first-order valence-corrected chi connectivity index (χ1v) is 7.20. The third-order valence-corrected chi connectivity index (χ3v) is 2.75. The van der Waals surface area contributed by atoms with Crippen LogP contribution in [0.15, 0.2) is 30.3 Å². The number of hydrogen-bond donors (Lipinski definition) is 1. The Hall–Kier alpha value is -1.65. The van der Waals surface area contributed by atoms with E-state index < -0.39 is 21.7 Å². The molecule has 0 radical (unpaired) electrons. The van der Waals surface area contributed by atoms with E-state index in [1.54, 1.807) is 6.92 Å². The minimum Gasteiger partial charge on any atom is -0.467 e. The van der Waals surface area contributed by atoms with E-state index >= 15 is 0 Å². The molecule has 0 saturated heterocycles. The molecule has 1 N–H and O–H groups in total. The van der Waals surface area contributed by atoms with Gasteiger partial charge in [0.05, 0.1) is 13.7 Å². The molecule has 22 heavy (non-hydrogen) atoms. The fourth-order valence-corrected chi connectivity index (χ4v) is 1.03. The highest BCUT2D eigenvalue weighted by Gasteiger charge is 2.44. The molecule has 0 fully saturated rings. The van der Waals surface area contributed by atoms with Crippen LogP contribution in [0.5, 0.6) is 0 Å². The lowest BCUT2D eigenvalue weighted by Gasteiger charge is -2.10. The van der Waals surface area contributed by atoms with Crippen LogP contribution in [0.4, 0.5) is 13.2 Å². The fraction of sp³-hybridized carbons (Fsp3) is 0.417. The maximum atomic E-state index is 11.0. The lowest BCUT2D eigenvalue weighted by Crippen LogP contribution is -2.21. The van der Waals surface area contributed by atoms with Crippen LogP contribution in [0.3, 0.4) is 0 Å². The van der Waals surface area contributed by atoms with Gasteiger partial charge in [-0.25, -0.2) is 4.79 Å². The Balaban J connectivity index is 0.000000472. The molecule has 0 aliphatic carbocycles. The van der Waals surface area contributed by atoms with Crippen molar-refractivity contribution in [3.8, 4) is 0 Å². The molecule has 0 aromatic heterocycles. The fourth-order valence-electron chi connectivity index (χ4n) is 1.03. The van der Waals surface area contributed by atoms with E-state index in [0.717, 1.165) is 5.56 Å². The maximum Gasteiger partial charge on any atom is 0.522 e. The number of ether oxygens (including phenoxy) is 2. The molecule has 0 amide bonds. The van der Waals surface area contributed by atoms with Gasteiger partial charge in [-0.1, -0.05) is 30.3 Å². The summed E-state index contributed by atoms with van der Waals surface area (Å²) in [6.07, 6.45) is -0.514. The van der Waals surface area contributed by atoms with Crippen molar-refractivity contribution in [2.45, 2.75) is 25.1 Å². The number of halogens is 3. The largest absolute Gasteiger partial charge is 0.522 e. The maximum absolute atomic E-state index is 11.0. The highest BCUT2D eigenvalue weighted by Crippen LogP contribution is 2.20. The van der Waals surface area contributed by atoms with Gasteiger partial charge in [-0.2, -0.15) is 21.6 Å². The molecule has 1 atom stereocenters. The average molecular weight is 344 g/mol. The van der Waals surface area contributed by atoms with E-state index in [9.17, 15) is 18.0 Å². The molecule has 1 aromatic carbocycles. The summed E-state index contributed by atoms with van der Waals surface area (Å²) in [5.74, 6) is -0.346. The number of carbonyl (C=O) groups is 1. The summed E-state index contributed by atoms with van der Waals surface area (Å²) in [7, 11) is -4.49. The van der Waals surface area contributed by atoms with E-state index in [1.165, 1.54) is 7.11 Å². The molecule has 0 heterocycles. The molecule has 0 bridgehead atoms. The molecular formula is C12H15F3O6S. The van der Waals surface area contributed by atoms with Crippen LogP contribution in [0.1, 0.15) is 12.5 Å². The van der Waals surface area contributed by atoms with Crippen molar-refractivity contribution < 1.29 is 40.4 Å². The van der Waals surface area contributed by atoms with Gasteiger partial charge in [0, 0.05) is 0 Å². The molecule has 1 rings (SSSR count). The highest BCUT2D eigenvalue weighted by atomic mass is 32.2. The van der Waals surface area contributed by atoms with E-state index in [1.807, 2.05) is 30.3 Å². The third-order valence-electron chi connectivity index (χ3n) is 2.17. The smallest absolute Gasteiger partial charge is 0.467 e. The molecule has 0 aliphatic rings. The monoisotopic (exact) mass is 344 g/mol. The molecule has 126 valence electrons. The second-order valence-corrected chi connectivity index (χ2v) is 5.30. The third kappa shape index (κ3) is 7.96. The standard InChI is InChI=1S/C11H14O3.CHF3O3S/c1-9(11(12)13-2)14-8-10-6-4-3-5-7-10;2-1(3,4)8(5,6)7/h3-7,9H,8H2,1-2H3;(H,5,6,7). The second kappa shape index (κ2) is 8.71. The Morgan fingerprint density at radius 3 is 2.09 bits per heavy atom. The van der Waals surface area contributed by atoms with Crippen LogP contribution >= 0.6 is 0 Å².